The number of imidazole rings is 1. The SMILES string of the molecule is C/C(=C(/OCCOc1ccc(Cl)cc1Cl)c1ccc(Cl)cc1Cl)n1ccnc1.O=[N+]([O-])O. The molecule has 0 saturated heterocycles. The molecule has 0 bridgehead atoms. The molecule has 2 aromatic carbocycles. The molecule has 0 fully saturated rings. The van der Waals surface area contributed by atoms with Crippen LogP contribution in [-0.2, 0) is 4.74 Å². The molecule has 12 heteroatoms. The molecule has 0 unspecified atom stereocenters. The van der Waals surface area contributed by atoms with Crippen LogP contribution in [0.25, 0.3) is 11.5 Å². The molecule has 32 heavy (non-hydrogen) atoms. The van der Waals surface area contributed by atoms with E-state index in [0.717, 1.165) is 11.3 Å². The molecule has 0 aliphatic heterocycles. The van der Waals surface area contributed by atoms with Crippen LogP contribution in [-0.4, -0.2) is 33.1 Å². The van der Waals surface area contributed by atoms with Crippen molar-refractivity contribution in [1.29, 1.82) is 0 Å². The highest BCUT2D eigenvalue weighted by molar-refractivity contribution is 6.36. The average Bonchev–Trinajstić information content (AvgIpc) is 3.24. The van der Waals surface area contributed by atoms with Crippen molar-refractivity contribution >= 4 is 57.9 Å². The van der Waals surface area contributed by atoms with E-state index in [1.807, 2.05) is 23.8 Å². The van der Waals surface area contributed by atoms with Gasteiger partial charge in [0.15, 0.2) is 0 Å². The van der Waals surface area contributed by atoms with Crippen LogP contribution in [0.5, 0.6) is 5.75 Å². The lowest BCUT2D eigenvalue weighted by molar-refractivity contribution is -0.742. The van der Waals surface area contributed by atoms with E-state index in [0.29, 0.717) is 31.6 Å². The van der Waals surface area contributed by atoms with Crippen LogP contribution in [0.4, 0.5) is 0 Å². The largest absolute Gasteiger partial charge is 0.488 e. The van der Waals surface area contributed by atoms with Crippen LogP contribution in [0, 0.1) is 10.1 Å². The number of halogens is 4. The highest BCUT2D eigenvalue weighted by Gasteiger charge is 2.14. The minimum atomic E-state index is -1.50. The fourth-order valence-corrected chi connectivity index (χ4v) is 3.47. The van der Waals surface area contributed by atoms with Crippen molar-refractivity contribution in [2.75, 3.05) is 13.2 Å². The first kappa shape index (κ1) is 25.6. The van der Waals surface area contributed by atoms with Gasteiger partial charge in [-0.1, -0.05) is 46.4 Å². The molecule has 1 aromatic heterocycles. The third-order valence-electron chi connectivity index (χ3n) is 3.88. The van der Waals surface area contributed by atoms with Gasteiger partial charge < -0.3 is 19.2 Å². The molecule has 1 heterocycles. The van der Waals surface area contributed by atoms with Gasteiger partial charge in [-0.05, 0) is 43.3 Å². The number of allylic oxidation sites excluding steroid dienone is 1. The highest BCUT2D eigenvalue weighted by Crippen LogP contribution is 2.31. The summed E-state index contributed by atoms with van der Waals surface area (Å²) in [4.78, 5) is 12.4. The molecular formula is C20H17Cl4N3O5. The van der Waals surface area contributed by atoms with Crippen molar-refractivity contribution in [3.63, 3.8) is 0 Å². The Morgan fingerprint density at radius 2 is 1.72 bits per heavy atom. The van der Waals surface area contributed by atoms with Crippen molar-refractivity contribution in [3.8, 4) is 5.75 Å². The van der Waals surface area contributed by atoms with Crippen LogP contribution in [0.2, 0.25) is 20.1 Å². The third-order valence-corrected chi connectivity index (χ3v) is 4.96. The summed E-state index contributed by atoms with van der Waals surface area (Å²) in [6.07, 6.45) is 5.20. The minimum Gasteiger partial charge on any atom is -0.488 e. The van der Waals surface area contributed by atoms with Crippen LogP contribution in [0.3, 0.4) is 0 Å². The maximum absolute atomic E-state index is 8.36. The first-order chi connectivity index (χ1) is 15.2. The number of nitrogens with zero attached hydrogens (tertiary/aromatic N) is 3. The fraction of sp³-hybridized carbons (Fsp3) is 0.150. The first-order valence-corrected chi connectivity index (χ1v) is 10.4. The number of rotatable bonds is 7. The zero-order valence-corrected chi connectivity index (χ0v) is 19.6. The summed E-state index contributed by atoms with van der Waals surface area (Å²) in [6.45, 7) is 2.48. The van der Waals surface area contributed by atoms with E-state index in [1.165, 1.54) is 0 Å². The molecule has 0 spiro atoms. The predicted octanol–water partition coefficient (Wildman–Crippen LogP) is 6.59. The summed E-state index contributed by atoms with van der Waals surface area (Å²) in [5, 5.41) is 15.7. The maximum atomic E-state index is 8.36. The lowest BCUT2D eigenvalue weighted by Crippen LogP contribution is -2.09. The molecule has 0 atom stereocenters. The van der Waals surface area contributed by atoms with Gasteiger partial charge in [0.1, 0.15) is 24.7 Å². The Morgan fingerprint density at radius 3 is 2.28 bits per heavy atom. The molecule has 8 nitrogen and oxygen atoms in total. The van der Waals surface area contributed by atoms with E-state index < -0.39 is 5.09 Å². The number of aromatic nitrogens is 2. The molecule has 3 rings (SSSR count). The van der Waals surface area contributed by atoms with Crippen molar-refractivity contribution in [3.05, 3.63) is 90.9 Å². The number of hydrogen-bond acceptors (Lipinski definition) is 5. The van der Waals surface area contributed by atoms with Gasteiger partial charge in [0, 0.05) is 28.0 Å². The van der Waals surface area contributed by atoms with Crippen LogP contribution >= 0.6 is 46.4 Å². The van der Waals surface area contributed by atoms with E-state index in [1.54, 1.807) is 42.9 Å². The molecular weight excluding hydrogens is 504 g/mol. The van der Waals surface area contributed by atoms with Crippen molar-refractivity contribution in [1.82, 2.24) is 9.55 Å². The second-order valence-corrected chi connectivity index (χ2v) is 7.71. The summed E-state index contributed by atoms with van der Waals surface area (Å²) in [5.41, 5.74) is 1.55. The zero-order chi connectivity index (χ0) is 23.7. The van der Waals surface area contributed by atoms with Gasteiger partial charge in [-0.2, -0.15) is 0 Å². The standard InChI is InChI=1S/C20H16Cl4N2O2.HNO3/c1-13(26-7-6-25-12-26)20(16-4-2-14(21)10-17(16)23)28-9-8-27-19-5-3-15(22)11-18(19)24;2-1(3)4/h2-7,10-12H,8-9H2,1H3;(H,2,3,4)/b20-13-;. The molecule has 0 amide bonds. The smallest absolute Gasteiger partial charge is 0.291 e. The summed E-state index contributed by atoms with van der Waals surface area (Å²) in [7, 11) is 0. The lowest BCUT2D eigenvalue weighted by Gasteiger charge is -2.17. The van der Waals surface area contributed by atoms with Crippen molar-refractivity contribution < 1.29 is 19.8 Å². The van der Waals surface area contributed by atoms with Gasteiger partial charge in [-0.3, -0.25) is 0 Å². The van der Waals surface area contributed by atoms with Crippen LogP contribution in [0.1, 0.15) is 12.5 Å². The summed E-state index contributed by atoms with van der Waals surface area (Å²) in [5.74, 6) is 1.14. The highest BCUT2D eigenvalue weighted by atomic mass is 35.5. The molecule has 3 aromatic rings. The maximum Gasteiger partial charge on any atom is 0.291 e. The van der Waals surface area contributed by atoms with E-state index in [2.05, 4.69) is 4.98 Å². The Bertz CT molecular complexity index is 1090. The van der Waals surface area contributed by atoms with Crippen LogP contribution < -0.4 is 4.74 Å². The van der Waals surface area contributed by atoms with E-state index in [-0.39, 0.29) is 13.2 Å². The van der Waals surface area contributed by atoms with Gasteiger partial charge >= 0.3 is 0 Å². The van der Waals surface area contributed by atoms with Gasteiger partial charge in [-0.15, -0.1) is 10.1 Å². The molecule has 0 aliphatic rings. The molecule has 0 aliphatic carbocycles. The Hall–Kier alpha value is -2.65. The van der Waals surface area contributed by atoms with Gasteiger partial charge in [0.2, 0.25) is 0 Å². The molecule has 0 saturated carbocycles. The Kier molecular flexibility index (Phi) is 9.93. The third kappa shape index (κ3) is 7.80. The Morgan fingerprint density at radius 1 is 1.09 bits per heavy atom. The topological polar surface area (TPSA) is 99.7 Å². The zero-order valence-electron chi connectivity index (χ0n) is 16.5. The normalized spacial score (nSPS) is 11.2. The van der Waals surface area contributed by atoms with Gasteiger partial charge in [-0.25, -0.2) is 4.98 Å². The Balaban J connectivity index is 0.000000837. The number of ether oxygens (including phenoxy) is 2. The molecule has 1 N–H and O–H groups in total. The quantitative estimate of drug-likeness (QED) is 0.163. The van der Waals surface area contributed by atoms with Crippen LogP contribution in [0.15, 0.2) is 55.1 Å². The predicted molar refractivity (Wildman–Crippen MR) is 124 cm³/mol. The van der Waals surface area contributed by atoms with E-state index in [4.69, 9.17) is 71.2 Å². The minimum absolute atomic E-state index is 0.277. The number of hydrogen-bond donors (Lipinski definition) is 1. The first-order valence-electron chi connectivity index (χ1n) is 8.87. The van der Waals surface area contributed by atoms with E-state index in [9.17, 15) is 0 Å². The average molecular weight is 521 g/mol. The second-order valence-electron chi connectivity index (χ2n) is 6.02. The lowest BCUT2D eigenvalue weighted by atomic mass is 10.1. The second kappa shape index (κ2) is 12.4. The van der Waals surface area contributed by atoms with Gasteiger partial charge in [0.25, 0.3) is 5.09 Å². The summed E-state index contributed by atoms with van der Waals surface area (Å²) >= 11 is 24.4. The van der Waals surface area contributed by atoms with Crippen molar-refractivity contribution in [2.24, 2.45) is 0 Å². The number of benzene rings is 2. The summed E-state index contributed by atoms with van der Waals surface area (Å²) < 4.78 is 13.6. The summed E-state index contributed by atoms with van der Waals surface area (Å²) in [6, 6.07) is 10.3. The van der Waals surface area contributed by atoms with Gasteiger partial charge in [0.05, 0.1) is 22.1 Å². The molecule has 0 radical (unpaired) electrons. The van der Waals surface area contributed by atoms with Crippen molar-refractivity contribution in [2.45, 2.75) is 6.92 Å². The fourth-order valence-electron chi connectivity index (χ4n) is 2.51. The van der Waals surface area contributed by atoms with E-state index >= 15 is 0 Å². The Labute approximate surface area is 203 Å². The monoisotopic (exact) mass is 519 g/mol. The molecule has 170 valence electrons.